The Kier molecular flexibility index (Phi) is 4.17. The number of hydrogen-bond acceptors (Lipinski definition) is 5. The lowest BCUT2D eigenvalue weighted by atomic mass is 9.83. The number of β-lactam (4-membered cyclic amide) rings is 1. The highest BCUT2D eigenvalue weighted by Crippen LogP contribution is 2.46. The van der Waals surface area contributed by atoms with Crippen LogP contribution in [0.2, 0.25) is 0 Å². The lowest BCUT2D eigenvalue weighted by Crippen LogP contribution is -2.61. The number of aliphatic carboxylic acids is 1. The van der Waals surface area contributed by atoms with Crippen molar-refractivity contribution >= 4 is 23.6 Å². The third-order valence-electron chi connectivity index (χ3n) is 3.52. The van der Waals surface area contributed by atoms with Crippen LogP contribution in [-0.4, -0.2) is 51.4 Å². The van der Waals surface area contributed by atoms with Crippen molar-refractivity contribution in [3.8, 4) is 0 Å². The van der Waals surface area contributed by atoms with Gasteiger partial charge in [-0.1, -0.05) is 0 Å². The summed E-state index contributed by atoms with van der Waals surface area (Å²) in [5, 5.41) is 18.8. The molecule has 0 unspecified atom stereocenters. The zero-order chi connectivity index (χ0) is 14.2. The first-order valence-corrected chi connectivity index (χ1v) is 7.28. The van der Waals surface area contributed by atoms with Gasteiger partial charge in [0.15, 0.2) is 0 Å². The number of fused-ring (bicyclic) bond motifs is 1. The van der Waals surface area contributed by atoms with Gasteiger partial charge in [-0.05, 0) is 25.6 Å². The van der Waals surface area contributed by atoms with Gasteiger partial charge in [0.2, 0.25) is 5.91 Å². The number of rotatable bonds is 6. The van der Waals surface area contributed by atoms with Gasteiger partial charge in [-0.3, -0.25) is 4.79 Å². The summed E-state index contributed by atoms with van der Waals surface area (Å²) in [6.07, 6.45) is 0.592. The minimum absolute atomic E-state index is 0.0916. The SMILES string of the molecule is C[C@H](O)[C@@H]1C(=O)N2C(C(=O)O)=C(SCCCN)C[C@H]12. The Balaban J connectivity index is 2.14. The predicted octanol–water partition coefficient (Wildman–Crippen LogP) is -0.0239. The van der Waals surface area contributed by atoms with E-state index in [2.05, 4.69) is 0 Å². The van der Waals surface area contributed by atoms with Crippen molar-refractivity contribution in [3.05, 3.63) is 10.6 Å². The smallest absolute Gasteiger partial charge is 0.353 e. The number of nitrogens with two attached hydrogens (primary N) is 1. The van der Waals surface area contributed by atoms with Crippen LogP contribution in [-0.2, 0) is 9.59 Å². The molecular weight excluding hydrogens is 268 g/mol. The van der Waals surface area contributed by atoms with Crippen molar-refractivity contribution in [1.29, 1.82) is 0 Å². The summed E-state index contributed by atoms with van der Waals surface area (Å²) in [4.78, 5) is 25.3. The van der Waals surface area contributed by atoms with Crippen LogP contribution in [0.15, 0.2) is 10.6 Å². The molecule has 1 fully saturated rings. The maximum Gasteiger partial charge on any atom is 0.353 e. The fourth-order valence-electron chi connectivity index (χ4n) is 2.64. The van der Waals surface area contributed by atoms with Gasteiger partial charge >= 0.3 is 5.97 Å². The summed E-state index contributed by atoms with van der Waals surface area (Å²) in [7, 11) is 0. The molecule has 106 valence electrons. The highest BCUT2D eigenvalue weighted by molar-refractivity contribution is 8.03. The number of carbonyl (C=O) groups is 2. The van der Waals surface area contributed by atoms with Crippen molar-refractivity contribution in [1.82, 2.24) is 4.90 Å². The van der Waals surface area contributed by atoms with Gasteiger partial charge in [0.1, 0.15) is 5.70 Å². The fourth-order valence-corrected chi connectivity index (χ4v) is 3.81. The molecule has 0 aliphatic carbocycles. The normalized spacial score (nSPS) is 27.3. The van der Waals surface area contributed by atoms with Gasteiger partial charge in [-0.25, -0.2) is 4.79 Å². The van der Waals surface area contributed by atoms with Crippen LogP contribution in [0.3, 0.4) is 0 Å². The molecule has 2 aliphatic rings. The Hall–Kier alpha value is -1.05. The van der Waals surface area contributed by atoms with Gasteiger partial charge < -0.3 is 20.8 Å². The maximum absolute atomic E-state index is 11.9. The minimum atomic E-state index is -1.07. The molecule has 19 heavy (non-hydrogen) atoms. The van der Waals surface area contributed by atoms with Crippen molar-refractivity contribution < 1.29 is 19.8 Å². The van der Waals surface area contributed by atoms with Crippen molar-refractivity contribution in [2.45, 2.75) is 31.9 Å². The van der Waals surface area contributed by atoms with Crippen molar-refractivity contribution in [2.24, 2.45) is 11.7 Å². The molecule has 0 aromatic heterocycles. The summed E-state index contributed by atoms with van der Waals surface area (Å²) >= 11 is 1.45. The highest BCUT2D eigenvalue weighted by Gasteiger charge is 2.56. The number of aliphatic hydroxyl groups is 1. The number of thioether (sulfide) groups is 1. The van der Waals surface area contributed by atoms with Gasteiger partial charge in [0.05, 0.1) is 18.1 Å². The first-order valence-electron chi connectivity index (χ1n) is 6.29. The zero-order valence-electron chi connectivity index (χ0n) is 10.7. The average Bonchev–Trinajstić information content (AvgIpc) is 2.64. The van der Waals surface area contributed by atoms with E-state index in [1.165, 1.54) is 16.7 Å². The number of carboxylic acids is 1. The van der Waals surface area contributed by atoms with Gasteiger partial charge in [-0.2, -0.15) is 0 Å². The van der Waals surface area contributed by atoms with E-state index in [1.807, 2.05) is 0 Å². The van der Waals surface area contributed by atoms with Gasteiger partial charge in [0.25, 0.3) is 0 Å². The third kappa shape index (κ3) is 2.37. The second-order valence-corrected chi connectivity index (χ2v) is 6.00. The molecule has 0 saturated carbocycles. The molecule has 1 amide bonds. The van der Waals surface area contributed by atoms with Crippen molar-refractivity contribution in [2.75, 3.05) is 12.3 Å². The van der Waals surface area contributed by atoms with E-state index >= 15 is 0 Å². The van der Waals surface area contributed by atoms with E-state index in [4.69, 9.17) is 5.73 Å². The number of aliphatic hydroxyl groups excluding tert-OH is 1. The Labute approximate surface area is 115 Å². The maximum atomic E-state index is 11.9. The molecule has 7 heteroatoms. The molecule has 1 saturated heterocycles. The standard InChI is InChI=1S/C12H18N2O4S/c1-6(15)9-7-5-8(19-4-2-3-13)10(12(17)18)14(7)11(9)16/h6-7,9,15H,2-5,13H2,1H3,(H,17,18)/t6-,7+,9-/m0/s1. The second-order valence-electron chi connectivity index (χ2n) is 4.81. The quantitative estimate of drug-likeness (QED) is 0.468. The van der Waals surface area contributed by atoms with E-state index in [1.54, 1.807) is 6.92 Å². The predicted molar refractivity (Wildman–Crippen MR) is 71.2 cm³/mol. The number of amides is 1. The molecule has 0 aromatic rings. The summed E-state index contributed by atoms with van der Waals surface area (Å²) in [6.45, 7) is 2.13. The van der Waals surface area contributed by atoms with Crippen LogP contribution < -0.4 is 5.73 Å². The Bertz CT molecular complexity index is 435. The summed E-state index contributed by atoms with van der Waals surface area (Å²) < 4.78 is 0. The first-order chi connectivity index (χ1) is 8.99. The van der Waals surface area contributed by atoms with Crippen LogP contribution in [0.1, 0.15) is 19.8 Å². The third-order valence-corrected chi connectivity index (χ3v) is 4.72. The largest absolute Gasteiger partial charge is 0.477 e. The Morgan fingerprint density at radius 2 is 2.32 bits per heavy atom. The molecule has 2 aliphatic heterocycles. The van der Waals surface area contributed by atoms with E-state index in [0.717, 1.165) is 17.1 Å². The summed E-state index contributed by atoms with van der Waals surface area (Å²) in [5.41, 5.74) is 5.51. The van der Waals surface area contributed by atoms with Crippen LogP contribution >= 0.6 is 11.8 Å². The molecular formula is C12H18N2O4S. The van der Waals surface area contributed by atoms with E-state index < -0.39 is 18.0 Å². The van der Waals surface area contributed by atoms with Gasteiger partial charge in [-0.15, -0.1) is 11.8 Å². The molecule has 3 atom stereocenters. The lowest BCUT2D eigenvalue weighted by molar-refractivity contribution is -0.161. The van der Waals surface area contributed by atoms with E-state index in [0.29, 0.717) is 13.0 Å². The number of hydrogen-bond donors (Lipinski definition) is 3. The first kappa shape index (κ1) is 14.4. The molecule has 4 N–H and O–H groups in total. The van der Waals surface area contributed by atoms with E-state index in [-0.39, 0.29) is 17.6 Å². The molecule has 0 bridgehead atoms. The van der Waals surface area contributed by atoms with Crippen LogP contribution in [0.25, 0.3) is 0 Å². The average molecular weight is 286 g/mol. The van der Waals surface area contributed by atoms with Crippen LogP contribution in [0.5, 0.6) is 0 Å². The van der Waals surface area contributed by atoms with Gasteiger partial charge in [0, 0.05) is 11.3 Å². The minimum Gasteiger partial charge on any atom is -0.477 e. The van der Waals surface area contributed by atoms with Crippen LogP contribution in [0, 0.1) is 5.92 Å². The molecule has 0 radical (unpaired) electrons. The number of nitrogens with zero attached hydrogens (tertiary/aromatic N) is 1. The molecule has 6 nitrogen and oxygen atoms in total. The second kappa shape index (κ2) is 5.52. The van der Waals surface area contributed by atoms with Crippen LogP contribution in [0.4, 0.5) is 0 Å². The monoisotopic (exact) mass is 286 g/mol. The Morgan fingerprint density at radius 3 is 2.84 bits per heavy atom. The summed E-state index contributed by atoms with van der Waals surface area (Å²) in [5.74, 6) is -1.08. The summed E-state index contributed by atoms with van der Waals surface area (Å²) in [6, 6.07) is -0.195. The molecule has 0 aromatic carbocycles. The number of carbonyl (C=O) groups excluding carboxylic acids is 1. The molecule has 0 spiro atoms. The lowest BCUT2D eigenvalue weighted by Gasteiger charge is -2.44. The highest BCUT2D eigenvalue weighted by atomic mass is 32.2. The van der Waals surface area contributed by atoms with E-state index in [9.17, 15) is 19.8 Å². The zero-order valence-corrected chi connectivity index (χ0v) is 11.5. The Morgan fingerprint density at radius 1 is 1.63 bits per heavy atom. The molecule has 2 rings (SSSR count). The fraction of sp³-hybridized carbons (Fsp3) is 0.667. The van der Waals surface area contributed by atoms with Crippen molar-refractivity contribution in [3.63, 3.8) is 0 Å². The molecule has 2 heterocycles. The number of carboxylic acid groups (broad SMARTS) is 1. The topological polar surface area (TPSA) is 104 Å².